The van der Waals surface area contributed by atoms with Crippen molar-refractivity contribution < 1.29 is 14.6 Å². The van der Waals surface area contributed by atoms with E-state index < -0.39 is 11.5 Å². The number of carbonyl (C=O) groups is 1. The molecule has 0 bridgehead atoms. The molecule has 1 aliphatic carbocycles. The largest absolute Gasteiger partial charge is 0.479 e. The normalized spacial score (nSPS) is 26.1. The smallest absolute Gasteiger partial charge is 0.329 e. The number of aryl methyl sites for hydroxylation is 1. The minimum absolute atomic E-state index is 0.0898. The number of rotatable bonds is 3. The zero-order valence-electron chi connectivity index (χ0n) is 9.72. The van der Waals surface area contributed by atoms with Crippen molar-refractivity contribution in [3.05, 3.63) is 11.6 Å². The molecular formula is C11H15N3O3. The molecule has 1 aromatic heterocycles. The van der Waals surface area contributed by atoms with Crippen molar-refractivity contribution in [3.63, 3.8) is 0 Å². The molecule has 1 saturated heterocycles. The molecule has 0 radical (unpaired) electrons. The summed E-state index contributed by atoms with van der Waals surface area (Å²) >= 11 is 0. The average molecular weight is 237 g/mol. The van der Waals surface area contributed by atoms with Gasteiger partial charge in [0.1, 0.15) is 17.5 Å². The molecule has 17 heavy (non-hydrogen) atoms. The lowest BCUT2D eigenvalue weighted by molar-refractivity contribution is -0.142. The van der Waals surface area contributed by atoms with Crippen LogP contribution in [0.1, 0.15) is 43.4 Å². The summed E-state index contributed by atoms with van der Waals surface area (Å²) in [5.41, 5.74) is -0.811. The van der Waals surface area contributed by atoms with E-state index in [1.54, 1.807) is 11.5 Å². The highest BCUT2D eigenvalue weighted by atomic mass is 16.5. The number of ether oxygens (including phenoxy) is 1. The van der Waals surface area contributed by atoms with Gasteiger partial charge in [0, 0.05) is 6.61 Å². The van der Waals surface area contributed by atoms with Gasteiger partial charge < -0.3 is 9.84 Å². The van der Waals surface area contributed by atoms with Crippen LogP contribution in [0.4, 0.5) is 0 Å². The van der Waals surface area contributed by atoms with E-state index in [9.17, 15) is 9.90 Å². The molecule has 1 N–H and O–H groups in total. The van der Waals surface area contributed by atoms with E-state index >= 15 is 0 Å². The summed E-state index contributed by atoms with van der Waals surface area (Å²) < 4.78 is 7.35. The van der Waals surface area contributed by atoms with Crippen molar-refractivity contribution in [2.45, 2.75) is 44.2 Å². The first-order valence-corrected chi connectivity index (χ1v) is 5.92. The molecule has 0 aromatic carbocycles. The van der Waals surface area contributed by atoms with Gasteiger partial charge in [-0.1, -0.05) is 0 Å². The van der Waals surface area contributed by atoms with Crippen LogP contribution < -0.4 is 0 Å². The molecule has 0 amide bonds. The molecule has 6 nitrogen and oxygen atoms in total. The van der Waals surface area contributed by atoms with Crippen LogP contribution in [0.3, 0.4) is 0 Å². The van der Waals surface area contributed by atoms with Gasteiger partial charge in [-0.05, 0) is 32.6 Å². The predicted octanol–water partition coefficient (Wildman–Crippen LogP) is 1.01. The quantitative estimate of drug-likeness (QED) is 0.849. The van der Waals surface area contributed by atoms with Gasteiger partial charge in [0.2, 0.25) is 0 Å². The molecule has 1 atom stereocenters. The van der Waals surface area contributed by atoms with Crippen LogP contribution in [0.2, 0.25) is 0 Å². The molecule has 1 aliphatic heterocycles. The van der Waals surface area contributed by atoms with E-state index in [2.05, 4.69) is 10.2 Å². The van der Waals surface area contributed by atoms with Gasteiger partial charge in [-0.2, -0.15) is 0 Å². The fourth-order valence-electron chi connectivity index (χ4n) is 2.55. The highest BCUT2D eigenvalue weighted by molar-refractivity contribution is 5.80. The summed E-state index contributed by atoms with van der Waals surface area (Å²) in [6, 6.07) is 0. The number of hydrogen-bond acceptors (Lipinski definition) is 4. The van der Waals surface area contributed by atoms with Gasteiger partial charge >= 0.3 is 5.97 Å². The van der Waals surface area contributed by atoms with Crippen molar-refractivity contribution >= 4 is 5.97 Å². The van der Waals surface area contributed by atoms with Crippen molar-refractivity contribution in [1.29, 1.82) is 0 Å². The third-order valence-corrected chi connectivity index (χ3v) is 3.62. The number of nitrogens with zero attached hydrogens (tertiary/aromatic N) is 3. The molecule has 0 spiro atoms. The van der Waals surface area contributed by atoms with Crippen LogP contribution in [0, 0.1) is 6.92 Å². The number of aromatic nitrogens is 3. The lowest BCUT2D eigenvalue weighted by Gasteiger charge is -2.18. The summed E-state index contributed by atoms with van der Waals surface area (Å²) in [5.74, 6) is 0.551. The molecule has 2 heterocycles. The third-order valence-electron chi connectivity index (χ3n) is 3.62. The second-order valence-corrected chi connectivity index (χ2v) is 4.78. The van der Waals surface area contributed by atoms with E-state index in [0.29, 0.717) is 24.5 Å². The Hall–Kier alpha value is -1.43. The standard InChI is InChI=1S/C11H15N3O3/c1-7-12-13-9(8-3-2-6-17-8)14(7)11(4-5-11)10(15)16/h8H,2-6H2,1H3,(H,15,16). The molecule has 1 saturated carbocycles. The van der Waals surface area contributed by atoms with Gasteiger partial charge in [0.15, 0.2) is 5.82 Å². The minimum Gasteiger partial charge on any atom is -0.479 e. The van der Waals surface area contributed by atoms with Crippen LogP contribution in [-0.2, 0) is 15.1 Å². The zero-order chi connectivity index (χ0) is 12.0. The summed E-state index contributed by atoms with van der Waals surface area (Å²) in [6.07, 6.45) is 3.11. The fourth-order valence-corrected chi connectivity index (χ4v) is 2.55. The van der Waals surface area contributed by atoms with Crippen molar-refractivity contribution in [1.82, 2.24) is 14.8 Å². The van der Waals surface area contributed by atoms with E-state index in [-0.39, 0.29) is 6.10 Å². The van der Waals surface area contributed by atoms with Gasteiger partial charge in [0.25, 0.3) is 0 Å². The molecule has 2 aliphatic rings. The maximum Gasteiger partial charge on any atom is 0.329 e. The maximum atomic E-state index is 11.4. The summed E-state index contributed by atoms with van der Waals surface area (Å²) in [4.78, 5) is 11.4. The monoisotopic (exact) mass is 237 g/mol. The van der Waals surface area contributed by atoms with Crippen LogP contribution in [0.5, 0.6) is 0 Å². The molecule has 92 valence electrons. The Balaban J connectivity index is 2.03. The zero-order valence-corrected chi connectivity index (χ0v) is 9.72. The lowest BCUT2D eigenvalue weighted by atomic mass is 10.2. The lowest BCUT2D eigenvalue weighted by Crippen LogP contribution is -2.30. The Kier molecular flexibility index (Phi) is 2.22. The Morgan fingerprint density at radius 3 is 2.82 bits per heavy atom. The first-order valence-electron chi connectivity index (χ1n) is 5.92. The highest BCUT2D eigenvalue weighted by Crippen LogP contribution is 2.46. The predicted molar refractivity (Wildman–Crippen MR) is 57.5 cm³/mol. The molecular weight excluding hydrogens is 222 g/mol. The Labute approximate surface area is 98.6 Å². The summed E-state index contributed by atoms with van der Waals surface area (Å²) in [5, 5.41) is 17.5. The maximum absolute atomic E-state index is 11.4. The van der Waals surface area contributed by atoms with E-state index in [0.717, 1.165) is 19.4 Å². The number of aliphatic carboxylic acids is 1. The van der Waals surface area contributed by atoms with E-state index in [4.69, 9.17) is 4.74 Å². The molecule has 2 fully saturated rings. The topological polar surface area (TPSA) is 77.2 Å². The SMILES string of the molecule is Cc1nnc(C2CCCO2)n1C1(C(=O)O)CC1. The first-order chi connectivity index (χ1) is 8.15. The summed E-state index contributed by atoms with van der Waals surface area (Å²) in [6.45, 7) is 2.52. The van der Waals surface area contributed by atoms with E-state index in [1.165, 1.54) is 0 Å². The van der Waals surface area contributed by atoms with Gasteiger partial charge in [0.05, 0.1) is 0 Å². The second-order valence-electron chi connectivity index (χ2n) is 4.78. The van der Waals surface area contributed by atoms with Gasteiger partial charge in [-0.3, -0.25) is 4.57 Å². The van der Waals surface area contributed by atoms with Crippen LogP contribution in [0.25, 0.3) is 0 Å². The fraction of sp³-hybridized carbons (Fsp3) is 0.727. The highest BCUT2D eigenvalue weighted by Gasteiger charge is 2.54. The van der Waals surface area contributed by atoms with Crippen LogP contribution >= 0.6 is 0 Å². The third kappa shape index (κ3) is 1.47. The Morgan fingerprint density at radius 2 is 2.29 bits per heavy atom. The average Bonchev–Trinajstić information content (AvgIpc) is 2.74. The number of carboxylic acid groups (broad SMARTS) is 1. The van der Waals surface area contributed by atoms with E-state index in [1.807, 2.05) is 0 Å². The molecule has 3 rings (SSSR count). The first kappa shape index (κ1) is 10.7. The molecule has 1 aromatic rings. The van der Waals surface area contributed by atoms with Crippen molar-refractivity contribution in [2.75, 3.05) is 6.61 Å². The second kappa shape index (κ2) is 3.53. The van der Waals surface area contributed by atoms with Gasteiger partial charge in [-0.25, -0.2) is 4.79 Å². The van der Waals surface area contributed by atoms with Crippen LogP contribution in [0.15, 0.2) is 0 Å². The van der Waals surface area contributed by atoms with Crippen molar-refractivity contribution in [3.8, 4) is 0 Å². The minimum atomic E-state index is -0.811. The number of carboxylic acids is 1. The van der Waals surface area contributed by atoms with Crippen molar-refractivity contribution in [2.24, 2.45) is 0 Å². The summed E-state index contributed by atoms with van der Waals surface area (Å²) in [7, 11) is 0. The molecule has 6 heteroatoms. The Bertz CT molecular complexity index is 459. The van der Waals surface area contributed by atoms with Crippen LogP contribution in [-0.4, -0.2) is 32.4 Å². The Morgan fingerprint density at radius 1 is 1.53 bits per heavy atom. The molecule has 1 unspecified atom stereocenters. The van der Waals surface area contributed by atoms with Gasteiger partial charge in [-0.15, -0.1) is 10.2 Å². The number of hydrogen-bond donors (Lipinski definition) is 1.